The topological polar surface area (TPSA) is 46.2 Å². The minimum absolute atomic E-state index is 0.199. The third-order valence-corrected chi connectivity index (χ3v) is 2.76. The molecule has 19 heavy (non-hydrogen) atoms. The van der Waals surface area contributed by atoms with Gasteiger partial charge >= 0.3 is 0 Å². The second kappa shape index (κ2) is 6.16. The molecule has 0 atom stereocenters. The van der Waals surface area contributed by atoms with Crippen LogP contribution in [-0.4, -0.2) is 11.7 Å². The quantitative estimate of drug-likeness (QED) is 0.684. The fourth-order valence-electron chi connectivity index (χ4n) is 1.64. The van der Waals surface area contributed by atoms with E-state index < -0.39 is 0 Å². The number of amides is 1. The highest BCUT2D eigenvalue weighted by atomic mass is 35.5. The summed E-state index contributed by atoms with van der Waals surface area (Å²) in [6.45, 7) is 0. The summed E-state index contributed by atoms with van der Waals surface area (Å²) in [5.74, 6) is -0.591. The second-order valence-corrected chi connectivity index (χ2v) is 4.46. The Morgan fingerprint density at radius 3 is 2.42 bits per heavy atom. The normalized spacial score (nSPS) is 9.95. The van der Waals surface area contributed by atoms with E-state index in [1.807, 2.05) is 18.2 Å². The molecule has 0 aliphatic rings. The van der Waals surface area contributed by atoms with Crippen LogP contribution in [0.4, 0.5) is 5.69 Å². The van der Waals surface area contributed by atoms with Crippen molar-refractivity contribution in [2.45, 2.75) is 6.42 Å². The Morgan fingerprint density at radius 2 is 1.74 bits per heavy atom. The molecule has 4 heteroatoms. The molecule has 3 nitrogen and oxygen atoms in total. The maximum atomic E-state index is 11.9. The number of benzene rings is 2. The first-order valence-electron chi connectivity index (χ1n) is 5.79. The molecule has 0 spiro atoms. The Labute approximate surface area is 116 Å². The average molecular weight is 274 g/mol. The molecule has 1 N–H and O–H groups in total. The molecular weight excluding hydrogens is 262 g/mol. The molecule has 2 aromatic carbocycles. The van der Waals surface area contributed by atoms with E-state index in [9.17, 15) is 9.59 Å². The van der Waals surface area contributed by atoms with Gasteiger partial charge in [-0.05, 0) is 24.3 Å². The predicted molar refractivity (Wildman–Crippen MR) is 75.5 cm³/mol. The van der Waals surface area contributed by atoms with Crippen molar-refractivity contribution in [1.82, 2.24) is 0 Å². The minimum Gasteiger partial charge on any atom is -0.326 e. The second-order valence-electron chi connectivity index (χ2n) is 4.02. The standard InChI is InChI=1S/C15H12ClNO2/c16-12-6-4-5-11(9-12)14(18)10-15(19)17-13-7-2-1-3-8-13/h1-9H,10H2,(H,17,19). The van der Waals surface area contributed by atoms with E-state index in [2.05, 4.69) is 5.32 Å². The van der Waals surface area contributed by atoms with Crippen LogP contribution in [0.5, 0.6) is 0 Å². The summed E-state index contributed by atoms with van der Waals surface area (Å²) in [6, 6.07) is 15.6. The number of carbonyl (C=O) groups excluding carboxylic acids is 2. The molecule has 0 unspecified atom stereocenters. The van der Waals surface area contributed by atoms with Gasteiger partial charge in [0.1, 0.15) is 0 Å². The zero-order chi connectivity index (χ0) is 13.7. The number of nitrogens with one attached hydrogen (secondary N) is 1. The van der Waals surface area contributed by atoms with Gasteiger partial charge in [-0.2, -0.15) is 0 Å². The van der Waals surface area contributed by atoms with Crippen molar-refractivity contribution in [1.29, 1.82) is 0 Å². The van der Waals surface area contributed by atoms with Crippen molar-refractivity contribution in [3.05, 3.63) is 65.2 Å². The highest BCUT2D eigenvalue weighted by Gasteiger charge is 2.12. The molecule has 0 saturated carbocycles. The van der Waals surface area contributed by atoms with Gasteiger partial charge in [0.25, 0.3) is 0 Å². The highest BCUT2D eigenvalue weighted by molar-refractivity contribution is 6.31. The summed E-state index contributed by atoms with van der Waals surface area (Å²) in [5, 5.41) is 3.15. The first kappa shape index (κ1) is 13.3. The Balaban J connectivity index is 1.98. The summed E-state index contributed by atoms with van der Waals surface area (Å²) < 4.78 is 0. The lowest BCUT2D eigenvalue weighted by Crippen LogP contribution is -2.16. The van der Waals surface area contributed by atoms with Crippen LogP contribution in [0, 0.1) is 0 Å². The molecule has 0 bridgehead atoms. The fraction of sp³-hybridized carbons (Fsp3) is 0.0667. The van der Waals surface area contributed by atoms with E-state index >= 15 is 0 Å². The number of halogens is 1. The van der Waals surface area contributed by atoms with E-state index in [4.69, 9.17) is 11.6 Å². The van der Waals surface area contributed by atoms with Crippen LogP contribution in [0.15, 0.2) is 54.6 Å². The van der Waals surface area contributed by atoms with Crippen LogP contribution in [0.1, 0.15) is 16.8 Å². The van der Waals surface area contributed by atoms with E-state index in [0.29, 0.717) is 16.3 Å². The lowest BCUT2D eigenvalue weighted by atomic mass is 10.1. The van der Waals surface area contributed by atoms with Crippen LogP contribution in [0.25, 0.3) is 0 Å². The summed E-state index contributed by atoms with van der Waals surface area (Å²) in [6.07, 6.45) is -0.199. The van der Waals surface area contributed by atoms with Gasteiger partial charge in [-0.3, -0.25) is 9.59 Å². The number of rotatable bonds is 4. The SMILES string of the molecule is O=C(CC(=O)c1cccc(Cl)c1)Nc1ccccc1. The minimum atomic E-state index is -0.337. The number of anilines is 1. The van der Waals surface area contributed by atoms with Gasteiger partial charge in [0.15, 0.2) is 5.78 Å². The third-order valence-electron chi connectivity index (χ3n) is 2.53. The van der Waals surface area contributed by atoms with Crippen molar-refractivity contribution in [3.8, 4) is 0 Å². The zero-order valence-electron chi connectivity index (χ0n) is 10.1. The lowest BCUT2D eigenvalue weighted by molar-refractivity contribution is -0.115. The van der Waals surface area contributed by atoms with E-state index in [0.717, 1.165) is 0 Å². The highest BCUT2D eigenvalue weighted by Crippen LogP contribution is 2.13. The van der Waals surface area contributed by atoms with Crippen molar-refractivity contribution in [3.63, 3.8) is 0 Å². The smallest absolute Gasteiger partial charge is 0.232 e. The van der Waals surface area contributed by atoms with Crippen LogP contribution in [-0.2, 0) is 4.79 Å². The molecule has 2 aromatic rings. The largest absolute Gasteiger partial charge is 0.326 e. The molecule has 0 aliphatic carbocycles. The van der Waals surface area contributed by atoms with Crippen molar-refractivity contribution in [2.75, 3.05) is 5.32 Å². The zero-order valence-corrected chi connectivity index (χ0v) is 10.9. The maximum absolute atomic E-state index is 11.9. The molecule has 2 rings (SSSR count). The van der Waals surface area contributed by atoms with Gasteiger partial charge in [0.05, 0.1) is 6.42 Å². The molecular formula is C15H12ClNO2. The van der Waals surface area contributed by atoms with E-state index in [-0.39, 0.29) is 18.1 Å². The number of carbonyl (C=O) groups is 2. The van der Waals surface area contributed by atoms with Gasteiger partial charge in [-0.1, -0.05) is 41.9 Å². The van der Waals surface area contributed by atoms with Gasteiger partial charge < -0.3 is 5.32 Å². The third kappa shape index (κ3) is 3.93. The number of hydrogen-bond acceptors (Lipinski definition) is 2. The number of Topliss-reactive ketones (excluding diaryl/α,β-unsaturated/α-hetero) is 1. The number of ketones is 1. The fourth-order valence-corrected chi connectivity index (χ4v) is 1.83. The number of hydrogen-bond donors (Lipinski definition) is 1. The van der Waals surface area contributed by atoms with E-state index in [1.165, 1.54) is 0 Å². The van der Waals surface area contributed by atoms with Crippen molar-refractivity contribution in [2.24, 2.45) is 0 Å². The van der Waals surface area contributed by atoms with Gasteiger partial charge in [-0.25, -0.2) is 0 Å². The first-order valence-corrected chi connectivity index (χ1v) is 6.16. The monoisotopic (exact) mass is 273 g/mol. The molecule has 1 amide bonds. The first-order chi connectivity index (χ1) is 9.15. The summed E-state index contributed by atoms with van der Waals surface area (Å²) in [7, 11) is 0. The van der Waals surface area contributed by atoms with Crippen LogP contribution in [0.2, 0.25) is 5.02 Å². The molecule has 0 aliphatic heterocycles. The van der Waals surface area contributed by atoms with Gasteiger partial charge in [0.2, 0.25) is 5.91 Å². The van der Waals surface area contributed by atoms with Crippen LogP contribution in [0.3, 0.4) is 0 Å². The van der Waals surface area contributed by atoms with E-state index in [1.54, 1.807) is 36.4 Å². The van der Waals surface area contributed by atoms with Gasteiger partial charge in [0, 0.05) is 16.3 Å². The molecule has 0 saturated heterocycles. The summed E-state index contributed by atoms with van der Waals surface area (Å²) in [4.78, 5) is 23.6. The Bertz CT molecular complexity index is 596. The average Bonchev–Trinajstić information content (AvgIpc) is 2.39. The summed E-state index contributed by atoms with van der Waals surface area (Å²) in [5.41, 5.74) is 1.11. The van der Waals surface area contributed by atoms with Gasteiger partial charge in [-0.15, -0.1) is 0 Å². The molecule has 0 aromatic heterocycles. The van der Waals surface area contributed by atoms with Crippen LogP contribution >= 0.6 is 11.6 Å². The van der Waals surface area contributed by atoms with Crippen molar-refractivity contribution < 1.29 is 9.59 Å². The van der Waals surface area contributed by atoms with Crippen LogP contribution < -0.4 is 5.32 Å². The number of para-hydroxylation sites is 1. The molecule has 0 fully saturated rings. The van der Waals surface area contributed by atoms with Crippen molar-refractivity contribution >= 4 is 29.0 Å². The Morgan fingerprint density at radius 1 is 1.00 bits per heavy atom. The molecule has 0 heterocycles. The molecule has 96 valence electrons. The Hall–Kier alpha value is -2.13. The predicted octanol–water partition coefficient (Wildman–Crippen LogP) is 3.55. The molecule has 0 radical (unpaired) electrons. The lowest BCUT2D eigenvalue weighted by Gasteiger charge is -2.04. The maximum Gasteiger partial charge on any atom is 0.232 e. The summed E-state index contributed by atoms with van der Waals surface area (Å²) >= 11 is 5.80. The Kier molecular flexibility index (Phi) is 4.31.